The van der Waals surface area contributed by atoms with Crippen LogP contribution in [-0.4, -0.2) is 11.8 Å². The van der Waals surface area contributed by atoms with Crippen LogP contribution in [0, 0.1) is 0 Å². The van der Waals surface area contributed by atoms with Crippen molar-refractivity contribution in [3.05, 3.63) is 51.5 Å². The zero-order valence-electron chi connectivity index (χ0n) is 11.1. The average molecular weight is 356 g/mol. The van der Waals surface area contributed by atoms with Gasteiger partial charge in [0.15, 0.2) is 0 Å². The van der Waals surface area contributed by atoms with Crippen LogP contribution in [0.5, 0.6) is 0 Å². The molecule has 2 amide bonds. The van der Waals surface area contributed by atoms with Crippen molar-refractivity contribution >= 4 is 63.7 Å². The molecule has 0 aromatic heterocycles. The molecule has 0 atom stereocenters. The normalized spacial score (nSPS) is 14.4. The van der Waals surface area contributed by atoms with E-state index in [1.807, 2.05) is 0 Å². The number of carbonyl (C=O) groups excluding carboxylic acids is 2. The smallest absolute Gasteiger partial charge is 0.241 e. The van der Waals surface area contributed by atoms with Crippen LogP contribution in [0.25, 0.3) is 0 Å². The Morgan fingerprint density at radius 3 is 2.23 bits per heavy atom. The minimum Gasteiger partial charge on any atom is -0.324 e. The number of halogens is 3. The number of amides is 2. The molecule has 0 saturated carbocycles. The summed E-state index contributed by atoms with van der Waals surface area (Å²) in [7, 11) is 0. The lowest BCUT2D eigenvalue weighted by Crippen LogP contribution is -2.26. The van der Waals surface area contributed by atoms with Crippen molar-refractivity contribution in [3.8, 4) is 0 Å². The predicted octanol–water partition coefficient (Wildman–Crippen LogP) is 4.65. The van der Waals surface area contributed by atoms with Gasteiger partial charge in [0.05, 0.1) is 22.1 Å². The Kier molecular flexibility index (Phi) is 4.00. The predicted molar refractivity (Wildman–Crippen MR) is 88.3 cm³/mol. The van der Waals surface area contributed by atoms with E-state index in [9.17, 15) is 9.59 Å². The molecule has 2 aromatic carbocycles. The summed E-state index contributed by atoms with van der Waals surface area (Å²) in [6, 6.07) is 9.70. The molecule has 0 unspecified atom stereocenters. The molecule has 1 aliphatic heterocycles. The standard InChI is InChI=1S/C15H9Cl3N2O2/c16-8-1-3-12(10(18)5-8)20-13-4-2-9(17)6-11(13)19-14(21)7-15(20)22/h1-6H,7H2,(H,19,21). The van der Waals surface area contributed by atoms with Crippen molar-refractivity contribution in [2.24, 2.45) is 0 Å². The van der Waals surface area contributed by atoms with Crippen LogP contribution in [0.3, 0.4) is 0 Å². The number of hydrogen-bond acceptors (Lipinski definition) is 2. The molecule has 1 heterocycles. The third-order valence-electron chi connectivity index (χ3n) is 3.19. The third kappa shape index (κ3) is 2.77. The van der Waals surface area contributed by atoms with Crippen molar-refractivity contribution in [2.75, 3.05) is 10.2 Å². The lowest BCUT2D eigenvalue weighted by atomic mass is 10.2. The largest absolute Gasteiger partial charge is 0.324 e. The van der Waals surface area contributed by atoms with Gasteiger partial charge in [-0.1, -0.05) is 34.8 Å². The number of rotatable bonds is 1. The summed E-state index contributed by atoms with van der Waals surface area (Å²) in [5.74, 6) is -0.788. The van der Waals surface area contributed by atoms with Gasteiger partial charge in [-0.25, -0.2) is 0 Å². The van der Waals surface area contributed by atoms with Crippen LogP contribution in [0.4, 0.5) is 17.1 Å². The van der Waals surface area contributed by atoms with E-state index in [0.717, 1.165) is 0 Å². The molecule has 0 bridgehead atoms. The molecule has 3 rings (SSSR count). The first-order chi connectivity index (χ1) is 10.5. The number of carbonyl (C=O) groups is 2. The molecule has 1 aliphatic rings. The number of nitrogens with one attached hydrogen (secondary N) is 1. The van der Waals surface area contributed by atoms with Gasteiger partial charge in [0.2, 0.25) is 11.8 Å². The Labute approximate surface area is 141 Å². The SMILES string of the molecule is O=C1CC(=O)N(c2ccc(Cl)cc2Cl)c2ccc(Cl)cc2N1. The van der Waals surface area contributed by atoms with Gasteiger partial charge in [0.25, 0.3) is 0 Å². The van der Waals surface area contributed by atoms with Gasteiger partial charge in [-0.3, -0.25) is 14.5 Å². The first-order valence-corrected chi connectivity index (χ1v) is 7.46. The Balaban J connectivity index is 2.21. The van der Waals surface area contributed by atoms with Crippen molar-refractivity contribution in [2.45, 2.75) is 6.42 Å². The molecule has 0 fully saturated rings. The van der Waals surface area contributed by atoms with Gasteiger partial charge in [-0.2, -0.15) is 0 Å². The van der Waals surface area contributed by atoms with Gasteiger partial charge in [0.1, 0.15) is 6.42 Å². The number of fused-ring (bicyclic) bond motifs is 1. The van der Waals surface area contributed by atoms with E-state index < -0.39 is 5.91 Å². The Morgan fingerprint density at radius 1 is 0.909 bits per heavy atom. The molecule has 22 heavy (non-hydrogen) atoms. The van der Waals surface area contributed by atoms with Crippen molar-refractivity contribution in [1.29, 1.82) is 0 Å². The topological polar surface area (TPSA) is 49.4 Å². The summed E-state index contributed by atoms with van der Waals surface area (Å²) in [6.45, 7) is 0. The number of anilines is 3. The van der Waals surface area contributed by atoms with Crippen LogP contribution in [0.2, 0.25) is 15.1 Å². The van der Waals surface area contributed by atoms with Crippen LogP contribution in [-0.2, 0) is 9.59 Å². The number of hydrogen-bond donors (Lipinski definition) is 1. The highest BCUT2D eigenvalue weighted by Gasteiger charge is 2.28. The fourth-order valence-electron chi connectivity index (χ4n) is 2.28. The maximum absolute atomic E-state index is 12.5. The Hall–Kier alpha value is -1.75. The van der Waals surface area contributed by atoms with Gasteiger partial charge >= 0.3 is 0 Å². The Morgan fingerprint density at radius 2 is 1.55 bits per heavy atom. The summed E-state index contributed by atoms with van der Waals surface area (Å²) in [6.07, 6.45) is -0.286. The summed E-state index contributed by atoms with van der Waals surface area (Å²) in [5.41, 5.74) is 1.41. The van der Waals surface area contributed by atoms with Crippen molar-refractivity contribution in [3.63, 3.8) is 0 Å². The fraction of sp³-hybridized carbons (Fsp3) is 0.0667. The van der Waals surface area contributed by atoms with Crippen molar-refractivity contribution in [1.82, 2.24) is 0 Å². The van der Waals surface area contributed by atoms with E-state index in [1.165, 1.54) is 4.90 Å². The quantitative estimate of drug-likeness (QED) is 0.757. The second kappa shape index (κ2) is 5.80. The van der Waals surface area contributed by atoms with E-state index in [-0.39, 0.29) is 12.3 Å². The van der Waals surface area contributed by atoms with Gasteiger partial charge in [-0.15, -0.1) is 0 Å². The molecule has 0 spiro atoms. The minimum absolute atomic E-state index is 0.286. The van der Waals surface area contributed by atoms with Gasteiger partial charge in [-0.05, 0) is 36.4 Å². The molecule has 0 saturated heterocycles. The molecule has 7 heteroatoms. The molecule has 0 aliphatic carbocycles. The summed E-state index contributed by atoms with van der Waals surface area (Å²) >= 11 is 18.1. The lowest BCUT2D eigenvalue weighted by molar-refractivity contribution is -0.124. The minimum atomic E-state index is -0.402. The van der Waals surface area contributed by atoms with E-state index in [2.05, 4.69) is 5.32 Å². The maximum Gasteiger partial charge on any atom is 0.241 e. The average Bonchev–Trinajstić information content (AvgIpc) is 2.54. The van der Waals surface area contributed by atoms with E-state index in [0.29, 0.717) is 32.1 Å². The molecule has 0 radical (unpaired) electrons. The summed E-state index contributed by atoms with van der Waals surface area (Å²) in [5, 5.41) is 3.90. The van der Waals surface area contributed by atoms with E-state index in [4.69, 9.17) is 34.8 Å². The highest BCUT2D eigenvalue weighted by Crippen LogP contribution is 2.40. The molecule has 2 aromatic rings. The zero-order chi connectivity index (χ0) is 15.9. The summed E-state index contributed by atoms with van der Waals surface area (Å²) < 4.78 is 0. The van der Waals surface area contributed by atoms with Crippen LogP contribution in [0.15, 0.2) is 36.4 Å². The molecule has 1 N–H and O–H groups in total. The lowest BCUT2D eigenvalue weighted by Gasteiger charge is -2.23. The molecule has 4 nitrogen and oxygen atoms in total. The number of benzene rings is 2. The molecular weight excluding hydrogens is 347 g/mol. The molecule has 112 valence electrons. The fourth-order valence-corrected chi connectivity index (χ4v) is 2.94. The monoisotopic (exact) mass is 354 g/mol. The van der Waals surface area contributed by atoms with Crippen molar-refractivity contribution < 1.29 is 9.59 Å². The highest BCUT2D eigenvalue weighted by atomic mass is 35.5. The first-order valence-electron chi connectivity index (χ1n) is 6.33. The Bertz CT molecular complexity index is 792. The van der Waals surface area contributed by atoms with Gasteiger partial charge < -0.3 is 5.32 Å². The first kappa shape index (κ1) is 15.2. The van der Waals surface area contributed by atoms with Crippen LogP contribution in [0.1, 0.15) is 6.42 Å². The van der Waals surface area contributed by atoms with E-state index in [1.54, 1.807) is 36.4 Å². The second-order valence-electron chi connectivity index (χ2n) is 4.71. The maximum atomic E-state index is 12.5. The van der Waals surface area contributed by atoms with Gasteiger partial charge in [0, 0.05) is 10.0 Å². The highest BCUT2D eigenvalue weighted by molar-refractivity contribution is 6.37. The van der Waals surface area contributed by atoms with Crippen LogP contribution >= 0.6 is 34.8 Å². The summed E-state index contributed by atoms with van der Waals surface area (Å²) in [4.78, 5) is 25.7. The van der Waals surface area contributed by atoms with Crippen LogP contribution < -0.4 is 10.2 Å². The zero-order valence-corrected chi connectivity index (χ0v) is 13.3. The van der Waals surface area contributed by atoms with E-state index >= 15 is 0 Å². The molecular formula is C15H9Cl3N2O2. The second-order valence-corrected chi connectivity index (χ2v) is 5.99. The third-order valence-corrected chi connectivity index (χ3v) is 3.96. The number of nitrogens with zero attached hydrogens (tertiary/aromatic N) is 1.